The Kier molecular flexibility index (Phi) is 17.4. The molecule has 0 spiro atoms. The molecule has 56 valence electrons. The van der Waals surface area contributed by atoms with Gasteiger partial charge in [-0.05, 0) is 13.1 Å². The lowest BCUT2D eigenvalue weighted by Gasteiger charge is -1.86. The molecule has 0 saturated carbocycles. The fourth-order valence-corrected chi connectivity index (χ4v) is 0.250. The number of nitrogens with one attached hydrogen (secondary N) is 1. The summed E-state index contributed by atoms with van der Waals surface area (Å²) in [6.45, 7) is 6.39. The molecule has 0 rings (SSSR count). The van der Waals surface area contributed by atoms with Crippen molar-refractivity contribution in [1.29, 1.82) is 0 Å². The van der Waals surface area contributed by atoms with Gasteiger partial charge in [0.15, 0.2) is 0 Å². The summed E-state index contributed by atoms with van der Waals surface area (Å²) in [5.41, 5.74) is 0. The van der Waals surface area contributed by atoms with E-state index < -0.39 is 11.4 Å². The molecule has 0 aromatic heterocycles. The molecule has 0 aromatic carbocycles. The first-order chi connectivity index (χ1) is 4.15. The van der Waals surface area contributed by atoms with Crippen LogP contribution in [0.15, 0.2) is 0 Å². The van der Waals surface area contributed by atoms with Crippen molar-refractivity contribution < 1.29 is 0 Å². The lowest BCUT2D eigenvalue weighted by atomic mass is 10.7. The Hall–Kier alpha value is 1.36. The summed E-state index contributed by atoms with van der Waals surface area (Å²) in [4.78, 5) is 0. The van der Waals surface area contributed by atoms with Gasteiger partial charge in [-0.25, -0.2) is 30.1 Å². The SMILES string of the molecule is CCNCC.[Cl][Al]([Cl])[Cl]. The molecule has 9 heavy (non-hydrogen) atoms. The van der Waals surface area contributed by atoms with Crippen LogP contribution in [0.4, 0.5) is 0 Å². The lowest BCUT2D eigenvalue weighted by Crippen LogP contribution is -2.09. The second-order valence-corrected chi connectivity index (χ2v) is 7.64. The van der Waals surface area contributed by atoms with Crippen LogP contribution < -0.4 is 5.32 Å². The minimum absolute atomic E-state index is 1.09. The minimum atomic E-state index is -1.72. The molecule has 0 atom stereocenters. The van der Waals surface area contributed by atoms with Gasteiger partial charge in [-0.15, -0.1) is 0 Å². The van der Waals surface area contributed by atoms with E-state index in [9.17, 15) is 0 Å². The first-order valence-corrected chi connectivity index (χ1v) is 8.01. The molecule has 0 aliphatic heterocycles. The standard InChI is InChI=1S/C4H11N.Al.3ClH/c1-3-5-4-2;;;;/h5H,3-4H2,1-2H3;;3*1H/q;+3;;;/p-3. The first-order valence-electron chi connectivity index (χ1n) is 2.78. The van der Waals surface area contributed by atoms with Crippen molar-refractivity contribution in [3.8, 4) is 0 Å². The Morgan fingerprint density at radius 1 is 1.11 bits per heavy atom. The van der Waals surface area contributed by atoms with Crippen molar-refractivity contribution in [2.45, 2.75) is 13.8 Å². The Morgan fingerprint density at radius 2 is 1.33 bits per heavy atom. The van der Waals surface area contributed by atoms with Crippen LogP contribution in [0.2, 0.25) is 0 Å². The average Bonchev–Trinajstić information content (AvgIpc) is 1.66. The highest BCUT2D eigenvalue weighted by molar-refractivity contribution is 7.54. The van der Waals surface area contributed by atoms with Crippen LogP contribution >= 0.6 is 30.1 Å². The van der Waals surface area contributed by atoms with Gasteiger partial charge >= 0.3 is 11.4 Å². The molecule has 0 aliphatic rings. The summed E-state index contributed by atoms with van der Waals surface area (Å²) in [7, 11) is 14.8. The molecule has 0 aliphatic carbocycles. The number of rotatable bonds is 2. The Bertz CT molecular complexity index is 40.0. The third kappa shape index (κ3) is 44.9. The molecule has 0 unspecified atom stereocenters. The zero-order valence-electron chi connectivity index (χ0n) is 5.63. The van der Waals surface area contributed by atoms with E-state index in [0.717, 1.165) is 13.1 Å². The van der Waals surface area contributed by atoms with Gasteiger partial charge < -0.3 is 5.32 Å². The molecule has 0 fully saturated rings. The highest BCUT2D eigenvalue weighted by atomic mass is 35.8. The molecule has 0 amide bonds. The molecule has 5 heteroatoms. The topological polar surface area (TPSA) is 12.0 Å². The van der Waals surface area contributed by atoms with Crippen LogP contribution in [-0.2, 0) is 0 Å². The minimum Gasteiger partial charge on any atom is -0.317 e. The Labute approximate surface area is 73.7 Å². The van der Waals surface area contributed by atoms with Crippen molar-refractivity contribution in [1.82, 2.24) is 5.32 Å². The zero-order valence-corrected chi connectivity index (χ0v) is 9.05. The fourth-order valence-electron chi connectivity index (χ4n) is 0.250. The van der Waals surface area contributed by atoms with Crippen molar-refractivity contribution in [2.75, 3.05) is 13.1 Å². The molecule has 0 bridgehead atoms. The summed E-state index contributed by atoms with van der Waals surface area (Å²) >= 11 is -1.72. The molecule has 0 radical (unpaired) electrons. The third-order valence-corrected chi connectivity index (χ3v) is 0.500. The van der Waals surface area contributed by atoms with Crippen molar-refractivity contribution in [3.05, 3.63) is 0 Å². The Balaban J connectivity index is 0. The molecular weight excluding hydrogens is 195 g/mol. The molecule has 1 nitrogen and oxygen atoms in total. The second-order valence-electron chi connectivity index (χ2n) is 1.20. The van der Waals surface area contributed by atoms with Crippen LogP contribution in [0, 0.1) is 0 Å². The second kappa shape index (κ2) is 12.1. The third-order valence-electron chi connectivity index (χ3n) is 0.500. The van der Waals surface area contributed by atoms with E-state index in [1.165, 1.54) is 0 Å². The maximum Gasteiger partial charge on any atom is 0.643 e. The first kappa shape index (κ1) is 13.0. The van der Waals surface area contributed by atoms with Gasteiger partial charge in [0.25, 0.3) is 0 Å². The van der Waals surface area contributed by atoms with E-state index >= 15 is 0 Å². The summed E-state index contributed by atoms with van der Waals surface area (Å²) in [6, 6.07) is 0. The van der Waals surface area contributed by atoms with Crippen LogP contribution in [0.1, 0.15) is 13.8 Å². The molecule has 0 saturated heterocycles. The van der Waals surface area contributed by atoms with E-state index in [4.69, 9.17) is 30.1 Å². The quantitative estimate of drug-likeness (QED) is 0.684. The smallest absolute Gasteiger partial charge is 0.317 e. The molecule has 0 heterocycles. The number of hydrogen-bond acceptors (Lipinski definition) is 1. The summed E-state index contributed by atoms with van der Waals surface area (Å²) in [6.07, 6.45) is 0. The van der Waals surface area contributed by atoms with E-state index in [2.05, 4.69) is 19.2 Å². The van der Waals surface area contributed by atoms with Gasteiger partial charge in [-0.1, -0.05) is 13.8 Å². The summed E-state index contributed by atoms with van der Waals surface area (Å²) in [5, 5.41) is 3.11. The van der Waals surface area contributed by atoms with Gasteiger partial charge in [0.1, 0.15) is 0 Å². The van der Waals surface area contributed by atoms with Crippen molar-refractivity contribution in [2.24, 2.45) is 0 Å². The summed E-state index contributed by atoms with van der Waals surface area (Å²) in [5.74, 6) is 0. The monoisotopic (exact) mass is 205 g/mol. The summed E-state index contributed by atoms with van der Waals surface area (Å²) < 4.78 is 0. The normalized spacial score (nSPS) is 7.67. The fraction of sp³-hybridized carbons (Fsp3) is 1.00. The zero-order chi connectivity index (χ0) is 7.70. The van der Waals surface area contributed by atoms with Crippen LogP contribution in [0.25, 0.3) is 0 Å². The maximum absolute atomic E-state index is 4.94. The largest absolute Gasteiger partial charge is 0.643 e. The van der Waals surface area contributed by atoms with Crippen molar-refractivity contribution >= 4 is 41.5 Å². The van der Waals surface area contributed by atoms with Gasteiger partial charge in [0.05, 0.1) is 0 Å². The van der Waals surface area contributed by atoms with Crippen LogP contribution in [0.3, 0.4) is 0 Å². The number of halogens is 3. The van der Waals surface area contributed by atoms with Gasteiger partial charge in [0, 0.05) is 0 Å². The predicted octanol–water partition coefficient (Wildman–Crippen LogP) is 2.30. The average molecular weight is 206 g/mol. The molecule has 1 N–H and O–H groups in total. The van der Waals surface area contributed by atoms with Crippen LogP contribution in [0.5, 0.6) is 0 Å². The molecular formula is C4H11AlCl3N. The number of hydrogen-bond donors (Lipinski definition) is 1. The highest BCUT2D eigenvalue weighted by Crippen LogP contribution is 1.97. The highest BCUT2D eigenvalue weighted by Gasteiger charge is 2.00. The predicted molar refractivity (Wildman–Crippen MR) is 47.5 cm³/mol. The van der Waals surface area contributed by atoms with E-state index in [1.807, 2.05) is 0 Å². The van der Waals surface area contributed by atoms with Crippen LogP contribution in [-0.4, -0.2) is 24.5 Å². The maximum atomic E-state index is 4.94. The van der Waals surface area contributed by atoms with Gasteiger partial charge in [-0.3, -0.25) is 0 Å². The lowest BCUT2D eigenvalue weighted by molar-refractivity contribution is 0.762. The van der Waals surface area contributed by atoms with E-state index in [1.54, 1.807) is 0 Å². The Morgan fingerprint density at radius 3 is 1.33 bits per heavy atom. The van der Waals surface area contributed by atoms with Gasteiger partial charge in [-0.2, -0.15) is 0 Å². The van der Waals surface area contributed by atoms with E-state index in [-0.39, 0.29) is 0 Å². The van der Waals surface area contributed by atoms with E-state index in [0.29, 0.717) is 0 Å². The van der Waals surface area contributed by atoms with Gasteiger partial charge in [0.2, 0.25) is 0 Å². The molecule has 0 aromatic rings. The van der Waals surface area contributed by atoms with Crippen molar-refractivity contribution in [3.63, 3.8) is 0 Å².